The molecule has 7 heteroatoms. The van der Waals surface area contributed by atoms with Crippen molar-refractivity contribution in [1.82, 2.24) is 0 Å². The topological polar surface area (TPSA) is 110 Å². The third-order valence-electron chi connectivity index (χ3n) is 0.813. The predicted octanol–water partition coefficient (Wildman–Crippen LogP) is -0.988. The Kier molecular flexibility index (Phi) is 3.34. The van der Waals surface area contributed by atoms with Crippen molar-refractivity contribution in [2.45, 2.75) is 12.5 Å². The van der Waals surface area contributed by atoms with Crippen LogP contribution in [0.15, 0.2) is 0 Å². The molecular formula is C4H10NO5P. The van der Waals surface area contributed by atoms with Crippen molar-refractivity contribution in [2.75, 3.05) is 6.61 Å². The van der Waals surface area contributed by atoms with E-state index in [-0.39, 0.29) is 0 Å². The number of aldehydes is 1. The van der Waals surface area contributed by atoms with Gasteiger partial charge in [0.25, 0.3) is 0 Å². The third kappa shape index (κ3) is 6.15. The summed E-state index contributed by atoms with van der Waals surface area (Å²) < 4.78 is 14.1. The van der Waals surface area contributed by atoms with Crippen molar-refractivity contribution in [3.63, 3.8) is 0 Å². The summed E-state index contributed by atoms with van der Waals surface area (Å²) in [5.74, 6) is 0. The van der Waals surface area contributed by atoms with E-state index in [1.807, 2.05) is 0 Å². The Labute approximate surface area is 63.6 Å². The van der Waals surface area contributed by atoms with Crippen molar-refractivity contribution in [3.05, 3.63) is 0 Å². The Morgan fingerprint density at radius 3 is 2.45 bits per heavy atom. The van der Waals surface area contributed by atoms with Crippen LogP contribution in [0.5, 0.6) is 0 Å². The fourth-order valence-electron chi connectivity index (χ4n) is 0.257. The number of carbonyl (C=O) groups excluding carboxylic acids is 1. The van der Waals surface area contributed by atoms with Crippen molar-refractivity contribution < 1.29 is 23.7 Å². The Morgan fingerprint density at radius 2 is 2.18 bits per heavy atom. The summed E-state index contributed by atoms with van der Waals surface area (Å²) in [6, 6.07) is 0. The molecule has 0 bridgehead atoms. The molecule has 0 aromatic rings. The van der Waals surface area contributed by atoms with Crippen molar-refractivity contribution in [2.24, 2.45) is 5.73 Å². The molecule has 0 aliphatic heterocycles. The summed E-state index contributed by atoms with van der Waals surface area (Å²) in [4.78, 5) is 26.5. The number of phosphoric acid groups is 1. The van der Waals surface area contributed by atoms with E-state index in [1.54, 1.807) is 0 Å². The molecule has 0 aliphatic carbocycles. The van der Waals surface area contributed by atoms with E-state index in [4.69, 9.17) is 15.5 Å². The van der Waals surface area contributed by atoms with Crippen LogP contribution in [-0.2, 0) is 13.9 Å². The SMILES string of the molecule is CC(N)(C=O)COP(=O)(O)O. The maximum Gasteiger partial charge on any atom is 0.469 e. The van der Waals surface area contributed by atoms with Crippen LogP contribution in [0.4, 0.5) is 0 Å². The molecule has 0 aromatic carbocycles. The number of rotatable bonds is 4. The molecule has 1 atom stereocenters. The number of hydrogen-bond acceptors (Lipinski definition) is 4. The van der Waals surface area contributed by atoms with Crippen LogP contribution < -0.4 is 5.73 Å². The average Bonchev–Trinajstić information content (AvgIpc) is 1.83. The molecule has 0 saturated carbocycles. The van der Waals surface area contributed by atoms with Crippen LogP contribution in [0.3, 0.4) is 0 Å². The standard InChI is InChI=1S/C4H10NO5P/c1-4(5,2-6)3-10-11(7,8)9/h2H,3,5H2,1H3,(H2,7,8,9). The van der Waals surface area contributed by atoms with E-state index in [1.165, 1.54) is 6.92 Å². The molecule has 0 radical (unpaired) electrons. The van der Waals surface area contributed by atoms with Gasteiger partial charge in [-0.1, -0.05) is 0 Å². The summed E-state index contributed by atoms with van der Waals surface area (Å²) in [5, 5.41) is 0. The van der Waals surface area contributed by atoms with Gasteiger partial charge in [-0.05, 0) is 6.92 Å². The minimum Gasteiger partial charge on any atom is -0.318 e. The van der Waals surface area contributed by atoms with E-state index < -0.39 is 20.0 Å². The largest absolute Gasteiger partial charge is 0.469 e. The van der Waals surface area contributed by atoms with Gasteiger partial charge >= 0.3 is 7.82 Å². The number of nitrogens with two attached hydrogens (primary N) is 1. The van der Waals surface area contributed by atoms with Crippen molar-refractivity contribution >= 4 is 14.1 Å². The first kappa shape index (κ1) is 10.7. The minimum atomic E-state index is -4.51. The van der Waals surface area contributed by atoms with Crippen molar-refractivity contribution in [3.8, 4) is 0 Å². The smallest absolute Gasteiger partial charge is 0.318 e. The van der Waals surface area contributed by atoms with Gasteiger partial charge in [0, 0.05) is 0 Å². The molecule has 0 spiro atoms. The molecule has 66 valence electrons. The van der Waals surface area contributed by atoms with Gasteiger partial charge in [-0.2, -0.15) is 0 Å². The second-order valence-electron chi connectivity index (χ2n) is 2.39. The van der Waals surface area contributed by atoms with Gasteiger partial charge in [0.15, 0.2) is 0 Å². The highest BCUT2D eigenvalue weighted by Gasteiger charge is 2.23. The Balaban J connectivity index is 3.89. The van der Waals surface area contributed by atoms with Gasteiger partial charge in [0.2, 0.25) is 0 Å². The predicted molar refractivity (Wildman–Crippen MR) is 36.7 cm³/mol. The van der Waals surface area contributed by atoms with E-state index in [0.29, 0.717) is 6.29 Å². The summed E-state index contributed by atoms with van der Waals surface area (Å²) in [6.07, 6.45) is 0.364. The molecule has 0 rings (SSSR count). The normalized spacial score (nSPS) is 17.5. The van der Waals surface area contributed by atoms with Crippen molar-refractivity contribution in [1.29, 1.82) is 0 Å². The lowest BCUT2D eigenvalue weighted by molar-refractivity contribution is -0.112. The van der Waals surface area contributed by atoms with Gasteiger partial charge in [-0.25, -0.2) is 4.57 Å². The molecule has 0 aromatic heterocycles. The lowest BCUT2D eigenvalue weighted by atomic mass is 10.1. The molecular weight excluding hydrogens is 173 g/mol. The second-order valence-corrected chi connectivity index (χ2v) is 3.63. The second kappa shape index (κ2) is 3.42. The molecule has 4 N–H and O–H groups in total. The third-order valence-corrected chi connectivity index (χ3v) is 1.28. The maximum atomic E-state index is 10.1. The number of phosphoric ester groups is 1. The van der Waals surface area contributed by atoms with E-state index in [9.17, 15) is 9.36 Å². The van der Waals surface area contributed by atoms with Crippen LogP contribution in [-0.4, -0.2) is 28.2 Å². The molecule has 0 saturated heterocycles. The molecule has 11 heavy (non-hydrogen) atoms. The van der Waals surface area contributed by atoms with Gasteiger partial charge in [0.05, 0.1) is 12.1 Å². The molecule has 0 heterocycles. The zero-order valence-electron chi connectivity index (χ0n) is 5.93. The highest BCUT2D eigenvalue weighted by Crippen LogP contribution is 2.36. The highest BCUT2D eigenvalue weighted by atomic mass is 31.2. The van der Waals surface area contributed by atoms with E-state index in [0.717, 1.165) is 0 Å². The monoisotopic (exact) mass is 183 g/mol. The molecule has 0 fully saturated rings. The fourth-order valence-corrected chi connectivity index (χ4v) is 0.704. The van der Waals surface area contributed by atoms with E-state index in [2.05, 4.69) is 4.52 Å². The molecule has 0 aliphatic rings. The Hall–Kier alpha value is -0.260. The van der Waals surface area contributed by atoms with Crippen LogP contribution in [0.2, 0.25) is 0 Å². The molecule has 6 nitrogen and oxygen atoms in total. The van der Waals surface area contributed by atoms with Crippen LogP contribution in [0.25, 0.3) is 0 Å². The van der Waals surface area contributed by atoms with Gasteiger partial charge in [-0.3, -0.25) is 4.52 Å². The minimum absolute atomic E-state index is 0.364. The first-order chi connectivity index (χ1) is 4.77. The lowest BCUT2D eigenvalue weighted by Crippen LogP contribution is -2.42. The van der Waals surface area contributed by atoms with Crippen LogP contribution in [0, 0.1) is 0 Å². The zero-order chi connectivity index (χ0) is 9.12. The fraction of sp³-hybridized carbons (Fsp3) is 0.750. The number of carbonyl (C=O) groups is 1. The molecule has 1 unspecified atom stereocenters. The van der Waals surface area contributed by atoms with Crippen LogP contribution in [0.1, 0.15) is 6.92 Å². The van der Waals surface area contributed by atoms with E-state index >= 15 is 0 Å². The Bertz CT molecular complexity index is 185. The average molecular weight is 183 g/mol. The summed E-state index contributed by atoms with van der Waals surface area (Å²) in [7, 11) is -4.51. The maximum absolute atomic E-state index is 10.1. The summed E-state index contributed by atoms with van der Waals surface area (Å²) >= 11 is 0. The lowest BCUT2D eigenvalue weighted by Gasteiger charge is -2.16. The molecule has 0 amide bonds. The first-order valence-corrected chi connectivity index (χ1v) is 4.25. The van der Waals surface area contributed by atoms with Gasteiger partial charge in [-0.15, -0.1) is 0 Å². The highest BCUT2D eigenvalue weighted by molar-refractivity contribution is 7.46. The van der Waals surface area contributed by atoms with Crippen LogP contribution >= 0.6 is 7.82 Å². The summed E-state index contributed by atoms with van der Waals surface area (Å²) in [5.41, 5.74) is 3.84. The first-order valence-electron chi connectivity index (χ1n) is 2.72. The quantitative estimate of drug-likeness (QED) is 0.381. The number of hydrogen-bond donors (Lipinski definition) is 3. The summed E-state index contributed by atoms with van der Waals surface area (Å²) in [6.45, 7) is 0.802. The zero-order valence-corrected chi connectivity index (χ0v) is 6.82. The Morgan fingerprint density at radius 1 is 1.73 bits per heavy atom. The van der Waals surface area contributed by atoms with Gasteiger partial charge in [0.1, 0.15) is 6.29 Å². The van der Waals surface area contributed by atoms with Gasteiger partial charge < -0.3 is 20.3 Å².